The van der Waals surface area contributed by atoms with Crippen molar-refractivity contribution in [2.75, 3.05) is 54.1 Å². The summed E-state index contributed by atoms with van der Waals surface area (Å²) >= 11 is 0. The van der Waals surface area contributed by atoms with E-state index in [1.54, 1.807) is 0 Å². The molecule has 0 radical (unpaired) electrons. The number of quaternary nitrogens is 1. The molecule has 0 aliphatic carbocycles. The summed E-state index contributed by atoms with van der Waals surface area (Å²) in [4.78, 5) is 9.92. The standard InChI is InChI=1S/C27H57NO4P/c1-6-8-9-10-11-12-13-14-15-16-17-18-19-20-23-30-25-27(21-7-2)26-32-33(29)31-24-22-28(3,4)5/h7,27,29H,2,6,8-26H2,1,3-5H3/q+1. The van der Waals surface area contributed by atoms with Crippen molar-refractivity contribution in [3.8, 4) is 0 Å². The molecule has 33 heavy (non-hydrogen) atoms. The Morgan fingerprint density at radius 3 is 1.76 bits per heavy atom. The van der Waals surface area contributed by atoms with Gasteiger partial charge in [-0.25, -0.2) is 0 Å². The van der Waals surface area contributed by atoms with Gasteiger partial charge in [-0.1, -0.05) is 96.5 Å². The molecule has 0 aromatic heterocycles. The van der Waals surface area contributed by atoms with Crippen LogP contribution < -0.4 is 0 Å². The predicted octanol–water partition coefficient (Wildman–Crippen LogP) is 7.64. The highest BCUT2D eigenvalue weighted by Gasteiger charge is 2.15. The number of allylic oxidation sites excluding steroid dienone is 1. The average Bonchev–Trinajstić information content (AvgIpc) is 2.76. The smallest absolute Gasteiger partial charge is 0.330 e. The monoisotopic (exact) mass is 490 g/mol. The van der Waals surface area contributed by atoms with Crippen LogP contribution in [0.4, 0.5) is 0 Å². The van der Waals surface area contributed by atoms with Gasteiger partial charge in [-0.15, -0.1) is 6.58 Å². The lowest BCUT2D eigenvalue weighted by Gasteiger charge is -2.24. The first kappa shape index (κ1) is 33.0. The Balaban J connectivity index is 3.52. The van der Waals surface area contributed by atoms with Crippen molar-refractivity contribution in [1.29, 1.82) is 0 Å². The molecule has 2 atom stereocenters. The lowest BCUT2D eigenvalue weighted by Crippen LogP contribution is -2.37. The Morgan fingerprint density at radius 1 is 0.758 bits per heavy atom. The van der Waals surface area contributed by atoms with E-state index in [1.165, 1.54) is 83.5 Å². The summed E-state index contributed by atoms with van der Waals surface area (Å²) in [6.45, 7) is 9.33. The highest BCUT2D eigenvalue weighted by Crippen LogP contribution is 2.33. The highest BCUT2D eigenvalue weighted by atomic mass is 31.2. The molecule has 6 heteroatoms. The molecule has 0 bridgehead atoms. The summed E-state index contributed by atoms with van der Waals surface area (Å²) in [5.41, 5.74) is 0. The Hall–Kier alpha value is -0.0300. The number of likely N-dealkylation sites (N-methyl/N-ethyl adjacent to an activating group) is 1. The molecule has 0 aromatic rings. The van der Waals surface area contributed by atoms with E-state index in [2.05, 4.69) is 34.6 Å². The van der Waals surface area contributed by atoms with E-state index < -0.39 is 8.60 Å². The van der Waals surface area contributed by atoms with Crippen LogP contribution in [0.2, 0.25) is 0 Å². The molecule has 5 nitrogen and oxygen atoms in total. The molecule has 1 N–H and O–H groups in total. The quantitative estimate of drug-likeness (QED) is 0.0586. The molecule has 0 fully saturated rings. The molecule has 0 aliphatic heterocycles. The van der Waals surface area contributed by atoms with Gasteiger partial charge in [0.1, 0.15) is 13.2 Å². The van der Waals surface area contributed by atoms with Gasteiger partial charge in [0.15, 0.2) is 0 Å². The number of unbranched alkanes of at least 4 members (excludes halogenated alkanes) is 13. The Bertz CT molecular complexity index is 417. The van der Waals surface area contributed by atoms with Gasteiger partial charge >= 0.3 is 8.60 Å². The molecule has 0 aromatic carbocycles. The normalized spacial score (nSPS) is 13.8. The average molecular weight is 491 g/mol. The highest BCUT2D eigenvalue weighted by molar-refractivity contribution is 7.40. The third-order valence-electron chi connectivity index (χ3n) is 5.88. The zero-order valence-corrected chi connectivity index (χ0v) is 23.5. The van der Waals surface area contributed by atoms with Gasteiger partial charge in [0.05, 0.1) is 34.4 Å². The lowest BCUT2D eigenvalue weighted by molar-refractivity contribution is -0.870. The van der Waals surface area contributed by atoms with Crippen LogP contribution in [0.1, 0.15) is 103 Å². The maximum absolute atomic E-state index is 9.92. The van der Waals surface area contributed by atoms with E-state index in [-0.39, 0.29) is 5.92 Å². The summed E-state index contributed by atoms with van der Waals surface area (Å²) in [6, 6.07) is 0. The van der Waals surface area contributed by atoms with E-state index in [9.17, 15) is 4.89 Å². The van der Waals surface area contributed by atoms with Crippen molar-refractivity contribution in [2.24, 2.45) is 5.92 Å². The minimum atomic E-state index is -1.82. The fourth-order valence-electron chi connectivity index (χ4n) is 3.67. The van der Waals surface area contributed by atoms with Crippen LogP contribution in [0.5, 0.6) is 0 Å². The predicted molar refractivity (Wildman–Crippen MR) is 143 cm³/mol. The summed E-state index contributed by atoms with van der Waals surface area (Å²) in [6.07, 6.45) is 21.9. The molecular formula is C27H57NO4P+. The van der Waals surface area contributed by atoms with Gasteiger partial charge in [0.2, 0.25) is 0 Å². The topological polar surface area (TPSA) is 47.9 Å². The third kappa shape index (κ3) is 26.4. The van der Waals surface area contributed by atoms with Crippen molar-refractivity contribution in [3.05, 3.63) is 12.7 Å². The maximum Gasteiger partial charge on any atom is 0.330 e. The van der Waals surface area contributed by atoms with E-state index in [0.717, 1.165) is 30.5 Å². The van der Waals surface area contributed by atoms with Gasteiger partial charge in [-0.05, 0) is 12.8 Å². The fraction of sp³-hybridized carbons (Fsp3) is 0.926. The second-order valence-electron chi connectivity index (χ2n) is 10.4. The minimum Gasteiger partial charge on any atom is -0.381 e. The van der Waals surface area contributed by atoms with Crippen LogP contribution in [0.15, 0.2) is 12.7 Å². The number of rotatable bonds is 26. The fourth-order valence-corrected chi connectivity index (χ4v) is 4.32. The summed E-state index contributed by atoms with van der Waals surface area (Å²) in [5, 5.41) is 0. The summed E-state index contributed by atoms with van der Waals surface area (Å²) < 4.78 is 17.6. The van der Waals surface area contributed by atoms with Crippen molar-refractivity contribution < 1.29 is 23.2 Å². The number of ether oxygens (including phenoxy) is 1. The van der Waals surface area contributed by atoms with Crippen LogP contribution >= 0.6 is 8.60 Å². The Kier molecular flexibility index (Phi) is 23.7. The van der Waals surface area contributed by atoms with Gasteiger partial charge in [0.25, 0.3) is 0 Å². The number of hydrogen-bond donors (Lipinski definition) is 1. The first-order chi connectivity index (χ1) is 15.9. The minimum absolute atomic E-state index is 0.216. The van der Waals surface area contributed by atoms with Crippen molar-refractivity contribution >= 4 is 8.60 Å². The summed E-state index contributed by atoms with van der Waals surface area (Å²) in [7, 11) is 4.47. The van der Waals surface area contributed by atoms with Gasteiger partial charge < -0.3 is 23.2 Å². The molecule has 0 rings (SSSR count). The molecule has 0 saturated carbocycles. The third-order valence-corrected chi connectivity index (χ3v) is 6.65. The zero-order chi connectivity index (χ0) is 24.6. The summed E-state index contributed by atoms with van der Waals surface area (Å²) in [5.74, 6) is 0.216. The second kappa shape index (κ2) is 23.7. The SMILES string of the molecule is C=CCC(COCCCCCCCCCCCCCCCC)COP(O)OCC[N+](C)(C)C. The molecule has 0 aliphatic rings. The number of hydrogen-bond acceptors (Lipinski definition) is 4. The van der Waals surface area contributed by atoms with Crippen LogP contribution in [-0.2, 0) is 13.8 Å². The molecule has 0 amide bonds. The van der Waals surface area contributed by atoms with E-state index >= 15 is 0 Å². The molecule has 198 valence electrons. The molecule has 2 unspecified atom stereocenters. The van der Waals surface area contributed by atoms with Crippen LogP contribution in [0.25, 0.3) is 0 Å². The molecule has 0 heterocycles. The van der Waals surface area contributed by atoms with Gasteiger partial charge in [-0.2, -0.15) is 0 Å². The lowest BCUT2D eigenvalue weighted by atomic mass is 10.0. The molecule has 0 spiro atoms. The maximum atomic E-state index is 9.92. The molecular weight excluding hydrogens is 433 g/mol. The van der Waals surface area contributed by atoms with E-state index in [4.69, 9.17) is 13.8 Å². The second-order valence-corrected chi connectivity index (χ2v) is 11.4. The largest absolute Gasteiger partial charge is 0.381 e. The first-order valence-electron chi connectivity index (χ1n) is 13.6. The zero-order valence-electron chi connectivity index (χ0n) is 22.6. The van der Waals surface area contributed by atoms with Crippen molar-refractivity contribution in [3.63, 3.8) is 0 Å². The van der Waals surface area contributed by atoms with Crippen LogP contribution in [0, 0.1) is 5.92 Å². The van der Waals surface area contributed by atoms with E-state index in [1.807, 2.05) is 6.08 Å². The Morgan fingerprint density at radius 2 is 1.27 bits per heavy atom. The number of nitrogens with zero attached hydrogens (tertiary/aromatic N) is 1. The van der Waals surface area contributed by atoms with Crippen molar-refractivity contribution in [2.45, 2.75) is 103 Å². The van der Waals surface area contributed by atoms with Gasteiger partial charge in [0, 0.05) is 12.5 Å². The molecule has 0 saturated heterocycles. The van der Waals surface area contributed by atoms with Crippen molar-refractivity contribution in [1.82, 2.24) is 0 Å². The van der Waals surface area contributed by atoms with Crippen LogP contribution in [-0.4, -0.2) is 63.5 Å². The van der Waals surface area contributed by atoms with Gasteiger partial charge in [-0.3, -0.25) is 0 Å². The first-order valence-corrected chi connectivity index (χ1v) is 14.8. The van der Waals surface area contributed by atoms with E-state index in [0.29, 0.717) is 19.8 Å². The Labute approximate surface area is 207 Å². The van der Waals surface area contributed by atoms with Crippen LogP contribution in [0.3, 0.4) is 0 Å².